The molecule has 2 amide bonds. The number of aromatic amines is 1. The molecule has 4 heterocycles. The molecular formula is C29H33ClFN5O6. The van der Waals surface area contributed by atoms with Gasteiger partial charge in [0.25, 0.3) is 5.91 Å². The number of carbonyl (C=O) groups is 2. The average Bonchev–Trinajstić information content (AvgIpc) is 3.35. The van der Waals surface area contributed by atoms with Gasteiger partial charge in [0.2, 0.25) is 0 Å². The van der Waals surface area contributed by atoms with Crippen LogP contribution in [0.4, 0.5) is 20.6 Å². The molecule has 2 aliphatic rings. The zero-order chi connectivity index (χ0) is 29.6. The van der Waals surface area contributed by atoms with Crippen LogP contribution in [-0.4, -0.2) is 79.5 Å². The van der Waals surface area contributed by atoms with Gasteiger partial charge in [0.05, 0.1) is 60.7 Å². The summed E-state index contributed by atoms with van der Waals surface area (Å²) in [5.41, 5.74) is 2.93. The van der Waals surface area contributed by atoms with E-state index in [2.05, 4.69) is 20.6 Å². The van der Waals surface area contributed by atoms with Crippen LogP contribution in [0.25, 0.3) is 11.3 Å². The molecule has 3 N–H and O–H groups in total. The number of nitrogens with zero attached hydrogens (tertiary/aromatic N) is 2. The van der Waals surface area contributed by atoms with Gasteiger partial charge in [-0.05, 0) is 18.6 Å². The van der Waals surface area contributed by atoms with E-state index in [4.69, 9.17) is 30.5 Å². The molecule has 11 nitrogen and oxygen atoms in total. The summed E-state index contributed by atoms with van der Waals surface area (Å²) in [7, 11) is 1.43. The first-order valence-electron chi connectivity index (χ1n) is 13.8. The summed E-state index contributed by atoms with van der Waals surface area (Å²) in [6, 6.07) is 4.16. The number of halogens is 2. The number of hydrogen-bond donors (Lipinski definition) is 3. The normalized spacial score (nSPS) is 16.4. The van der Waals surface area contributed by atoms with Crippen molar-refractivity contribution in [1.29, 1.82) is 0 Å². The van der Waals surface area contributed by atoms with Crippen molar-refractivity contribution in [1.82, 2.24) is 20.2 Å². The Labute approximate surface area is 247 Å². The molecule has 13 heteroatoms. The van der Waals surface area contributed by atoms with Gasteiger partial charge in [0.1, 0.15) is 24.3 Å². The molecule has 3 aromatic rings. The van der Waals surface area contributed by atoms with E-state index in [1.807, 2.05) is 6.92 Å². The summed E-state index contributed by atoms with van der Waals surface area (Å²) in [6.07, 6.45) is 4.75. The molecule has 0 radical (unpaired) electrons. The highest BCUT2D eigenvalue weighted by Crippen LogP contribution is 2.43. The van der Waals surface area contributed by atoms with Crippen LogP contribution in [0.5, 0.6) is 11.5 Å². The Hall–Kier alpha value is -4.03. The Morgan fingerprint density at radius 3 is 3.02 bits per heavy atom. The highest BCUT2D eigenvalue weighted by molar-refractivity contribution is 6.32. The topological polar surface area (TPSA) is 127 Å². The van der Waals surface area contributed by atoms with E-state index < -0.39 is 5.82 Å². The first-order valence-corrected chi connectivity index (χ1v) is 14.2. The number of nitrogens with one attached hydrogen (secondary N) is 3. The van der Waals surface area contributed by atoms with Crippen LogP contribution < -0.4 is 20.1 Å². The number of amides is 2. The lowest BCUT2D eigenvalue weighted by molar-refractivity contribution is -0.0451. The van der Waals surface area contributed by atoms with Crippen LogP contribution in [-0.2, 0) is 15.9 Å². The Morgan fingerprint density at radius 1 is 1.36 bits per heavy atom. The number of benzene rings is 1. The van der Waals surface area contributed by atoms with Gasteiger partial charge in [-0.25, -0.2) is 9.18 Å². The molecule has 42 heavy (non-hydrogen) atoms. The number of morpholine rings is 1. The minimum Gasteiger partial charge on any atom is -0.493 e. The van der Waals surface area contributed by atoms with Crippen molar-refractivity contribution >= 4 is 35.0 Å². The second-order valence-electron chi connectivity index (χ2n) is 9.92. The molecule has 1 aromatic carbocycles. The number of methoxy groups -OCH3 is 1. The first-order chi connectivity index (χ1) is 20.4. The van der Waals surface area contributed by atoms with Gasteiger partial charge in [-0.15, -0.1) is 0 Å². The Morgan fingerprint density at radius 2 is 2.21 bits per heavy atom. The van der Waals surface area contributed by atoms with E-state index in [1.165, 1.54) is 13.2 Å². The third-order valence-electron chi connectivity index (χ3n) is 7.04. The van der Waals surface area contributed by atoms with Gasteiger partial charge in [0.15, 0.2) is 5.75 Å². The molecule has 0 aliphatic carbocycles. The molecule has 1 atom stereocenters. The summed E-state index contributed by atoms with van der Waals surface area (Å²) in [4.78, 5) is 34.7. The van der Waals surface area contributed by atoms with Crippen LogP contribution >= 0.6 is 11.6 Å². The molecule has 2 aliphatic heterocycles. The smallest absolute Gasteiger partial charge is 0.409 e. The number of rotatable bonds is 10. The summed E-state index contributed by atoms with van der Waals surface area (Å²) in [5.74, 6) is -0.188. The Balaban J connectivity index is 1.42. The molecule has 224 valence electrons. The minimum atomic E-state index is -0.567. The maximum absolute atomic E-state index is 14.4. The van der Waals surface area contributed by atoms with Crippen molar-refractivity contribution in [3.63, 3.8) is 0 Å². The number of aromatic nitrogens is 2. The fourth-order valence-electron chi connectivity index (χ4n) is 4.97. The molecule has 5 rings (SSSR count). The summed E-state index contributed by atoms with van der Waals surface area (Å²) in [5, 5.41) is 6.12. The lowest BCUT2D eigenvalue weighted by Crippen LogP contribution is -2.47. The van der Waals surface area contributed by atoms with Crippen molar-refractivity contribution in [2.45, 2.75) is 32.3 Å². The highest BCUT2D eigenvalue weighted by Gasteiger charge is 2.30. The monoisotopic (exact) mass is 601 g/mol. The standard InChI is InChI=1S/C29H33ClFN5O6/c1-3-4-10-41-29(38)36-9-11-40-18(15-36)16-42-23-14-32-7-5-19(23)25-26(24-21(34-25)6-8-33-28(24)37)35-22-13-17(31)12-20(30)27(22)39-2/h5,7,12-14,18,34-35H,3-4,6,8-11,15-16H2,1-2H3,(H,33,37)/t18-/m0/s1. The lowest BCUT2D eigenvalue weighted by atomic mass is 10.0. The van der Waals surface area contributed by atoms with E-state index in [-0.39, 0.29) is 41.2 Å². The van der Waals surface area contributed by atoms with Gasteiger partial charge >= 0.3 is 6.09 Å². The van der Waals surface area contributed by atoms with Crippen LogP contribution in [0.15, 0.2) is 30.6 Å². The average molecular weight is 602 g/mol. The summed E-state index contributed by atoms with van der Waals surface area (Å²) < 4.78 is 37.2. The quantitative estimate of drug-likeness (QED) is 0.279. The number of hydrogen-bond acceptors (Lipinski definition) is 8. The van der Waals surface area contributed by atoms with E-state index in [1.54, 1.807) is 23.4 Å². The van der Waals surface area contributed by atoms with Crippen molar-refractivity contribution < 1.29 is 32.9 Å². The minimum absolute atomic E-state index is 0.0825. The number of fused-ring (bicyclic) bond motifs is 1. The van der Waals surface area contributed by atoms with Crippen molar-refractivity contribution in [2.24, 2.45) is 0 Å². The number of unbranched alkanes of at least 4 members (excludes halogenated alkanes) is 1. The van der Waals surface area contributed by atoms with E-state index >= 15 is 0 Å². The molecule has 0 saturated carbocycles. The summed E-state index contributed by atoms with van der Waals surface area (Å²) in [6.45, 7) is 4.16. The SMILES string of the molecule is CCCCOC(=O)N1CCO[C@H](COc2cnccc2-c2[nH]c3c(c2Nc2cc(F)cc(Cl)c2OC)C(=O)NCC3)C1. The van der Waals surface area contributed by atoms with Crippen LogP contribution in [0.1, 0.15) is 35.8 Å². The largest absolute Gasteiger partial charge is 0.493 e. The van der Waals surface area contributed by atoms with Gasteiger partial charge < -0.3 is 39.5 Å². The number of pyridine rings is 1. The second-order valence-corrected chi connectivity index (χ2v) is 10.3. The van der Waals surface area contributed by atoms with E-state index in [0.717, 1.165) is 18.9 Å². The third kappa shape index (κ3) is 6.39. The fourth-order valence-corrected chi connectivity index (χ4v) is 5.25. The van der Waals surface area contributed by atoms with Crippen molar-refractivity contribution in [3.05, 3.63) is 52.7 Å². The van der Waals surface area contributed by atoms with Gasteiger partial charge in [-0.1, -0.05) is 24.9 Å². The Kier molecular flexibility index (Phi) is 9.33. The van der Waals surface area contributed by atoms with E-state index in [9.17, 15) is 14.0 Å². The maximum Gasteiger partial charge on any atom is 0.409 e. The first kappa shape index (κ1) is 29.5. The molecule has 1 fully saturated rings. The molecule has 0 bridgehead atoms. The summed E-state index contributed by atoms with van der Waals surface area (Å²) >= 11 is 6.24. The zero-order valence-corrected chi connectivity index (χ0v) is 24.2. The number of anilines is 2. The van der Waals surface area contributed by atoms with Gasteiger partial charge in [0, 0.05) is 43.0 Å². The van der Waals surface area contributed by atoms with Crippen molar-refractivity contribution in [2.75, 3.05) is 51.9 Å². The van der Waals surface area contributed by atoms with Gasteiger partial charge in [-0.2, -0.15) is 0 Å². The number of ether oxygens (including phenoxy) is 4. The second kappa shape index (κ2) is 13.3. The molecule has 2 aromatic heterocycles. The number of H-pyrrole nitrogens is 1. The van der Waals surface area contributed by atoms with Crippen molar-refractivity contribution in [3.8, 4) is 22.8 Å². The number of carbonyl (C=O) groups excluding carboxylic acids is 2. The molecule has 0 unspecified atom stereocenters. The predicted octanol–water partition coefficient (Wildman–Crippen LogP) is 4.92. The molecular weight excluding hydrogens is 569 g/mol. The highest BCUT2D eigenvalue weighted by atomic mass is 35.5. The fraction of sp³-hybridized carbons (Fsp3) is 0.414. The third-order valence-corrected chi connectivity index (χ3v) is 7.32. The zero-order valence-electron chi connectivity index (χ0n) is 23.4. The maximum atomic E-state index is 14.4. The van der Waals surface area contributed by atoms with Crippen LogP contribution in [0.3, 0.4) is 0 Å². The van der Waals surface area contributed by atoms with Crippen LogP contribution in [0, 0.1) is 5.82 Å². The van der Waals surface area contributed by atoms with Gasteiger partial charge in [-0.3, -0.25) is 9.78 Å². The molecule has 0 spiro atoms. The lowest BCUT2D eigenvalue weighted by Gasteiger charge is -2.32. The predicted molar refractivity (Wildman–Crippen MR) is 154 cm³/mol. The Bertz CT molecular complexity index is 1450. The van der Waals surface area contributed by atoms with Crippen LogP contribution in [0.2, 0.25) is 5.02 Å². The molecule has 1 saturated heterocycles. The van der Waals surface area contributed by atoms with E-state index in [0.29, 0.717) is 73.2 Å².